The van der Waals surface area contributed by atoms with E-state index in [9.17, 15) is 18.4 Å². The van der Waals surface area contributed by atoms with Gasteiger partial charge in [-0.2, -0.15) is 0 Å². The van der Waals surface area contributed by atoms with Gasteiger partial charge in [-0.1, -0.05) is 6.07 Å². The largest absolute Gasteiger partial charge is 0.439 e. The maximum absolute atomic E-state index is 13.3. The normalized spacial score (nSPS) is 20.5. The van der Waals surface area contributed by atoms with Crippen molar-refractivity contribution in [2.24, 2.45) is 0 Å². The fourth-order valence-electron chi connectivity index (χ4n) is 4.10. The van der Waals surface area contributed by atoms with Crippen molar-refractivity contribution in [3.63, 3.8) is 0 Å². The maximum atomic E-state index is 13.3. The Labute approximate surface area is 183 Å². The number of quaternary nitrogens is 1. The van der Waals surface area contributed by atoms with Crippen LogP contribution in [0.4, 0.5) is 8.78 Å². The van der Waals surface area contributed by atoms with E-state index in [0.717, 1.165) is 18.0 Å². The van der Waals surface area contributed by atoms with E-state index in [1.54, 1.807) is 44.4 Å². The molecule has 1 aromatic carbocycles. The molecular formula is C23H23F2N4O3+. The number of alkyl halides is 2. The number of nitrogens with one attached hydrogen (secondary N) is 1. The molecule has 1 fully saturated rings. The lowest BCUT2D eigenvalue weighted by Gasteiger charge is -2.31. The molecule has 166 valence electrons. The van der Waals surface area contributed by atoms with Crippen LogP contribution in [0.25, 0.3) is 10.9 Å². The summed E-state index contributed by atoms with van der Waals surface area (Å²) in [5, 5.41) is 3.39. The number of likely N-dealkylation sites (N-methyl/N-ethyl adjacent to an activating group) is 2. The number of aromatic nitrogens is 2. The van der Waals surface area contributed by atoms with Crippen molar-refractivity contribution in [1.82, 2.24) is 15.3 Å². The van der Waals surface area contributed by atoms with Crippen molar-refractivity contribution >= 4 is 22.7 Å². The first kappa shape index (κ1) is 21.8. The molecule has 2 aromatic heterocycles. The molecule has 0 aliphatic carbocycles. The van der Waals surface area contributed by atoms with Crippen LogP contribution in [0.2, 0.25) is 0 Å². The first-order valence-electron chi connectivity index (χ1n) is 10.3. The van der Waals surface area contributed by atoms with Crippen molar-refractivity contribution in [3.8, 4) is 11.6 Å². The molecule has 1 aliphatic heterocycles. The van der Waals surface area contributed by atoms with Crippen molar-refractivity contribution in [2.45, 2.75) is 25.3 Å². The summed E-state index contributed by atoms with van der Waals surface area (Å²) in [4.78, 5) is 33.9. The summed E-state index contributed by atoms with van der Waals surface area (Å²) in [6.45, 7) is 0.584. The van der Waals surface area contributed by atoms with Crippen LogP contribution < -0.4 is 10.1 Å². The number of ether oxygens (including phenoxy) is 1. The molecule has 1 saturated heterocycles. The lowest BCUT2D eigenvalue weighted by Crippen LogP contribution is -2.58. The number of carbonyl (C=O) groups excluding carboxylic acids is 2. The molecule has 0 radical (unpaired) electrons. The van der Waals surface area contributed by atoms with Crippen LogP contribution in [-0.4, -0.2) is 52.9 Å². The molecule has 3 heterocycles. The van der Waals surface area contributed by atoms with E-state index in [4.69, 9.17) is 4.74 Å². The average Bonchev–Trinajstić information content (AvgIpc) is 3.20. The van der Waals surface area contributed by atoms with Gasteiger partial charge in [0.15, 0.2) is 11.7 Å². The van der Waals surface area contributed by atoms with Gasteiger partial charge >= 0.3 is 5.91 Å². The van der Waals surface area contributed by atoms with E-state index in [1.807, 2.05) is 0 Å². The predicted octanol–water partition coefficient (Wildman–Crippen LogP) is 3.85. The first-order chi connectivity index (χ1) is 15.3. The standard InChI is InChI=1S/C23H22F2N4O3/c1-26-22(30)19-4-3-11-29(19,2)23(31)18-8-5-14-12-16(7-9-17(14)28-18)32-20-10-6-15(13-27-20)21(24)25/h5-10,12-13,19,21H,3-4,11H2,1-2H3/p+1/t19-,29?/m0/s1. The number of pyridine rings is 2. The summed E-state index contributed by atoms with van der Waals surface area (Å²) in [6, 6.07) is 10.8. The molecule has 32 heavy (non-hydrogen) atoms. The Morgan fingerprint density at radius 1 is 1.19 bits per heavy atom. The fraction of sp³-hybridized carbons (Fsp3) is 0.304. The van der Waals surface area contributed by atoms with E-state index in [2.05, 4.69) is 15.3 Å². The number of amides is 2. The zero-order valence-electron chi connectivity index (χ0n) is 17.7. The summed E-state index contributed by atoms with van der Waals surface area (Å²) in [5.74, 6) is 0.326. The van der Waals surface area contributed by atoms with Gasteiger partial charge in [0.25, 0.3) is 12.3 Å². The SMILES string of the molecule is CNC(=O)[C@@H]1CCC[N+]1(C)C(=O)c1ccc2cc(Oc3ccc(C(F)F)cn3)ccc2n1. The van der Waals surface area contributed by atoms with Gasteiger partial charge in [-0.05, 0) is 30.3 Å². The summed E-state index contributed by atoms with van der Waals surface area (Å²) in [5.41, 5.74) is 0.727. The summed E-state index contributed by atoms with van der Waals surface area (Å²) < 4.78 is 31.0. The lowest BCUT2D eigenvalue weighted by atomic mass is 10.1. The van der Waals surface area contributed by atoms with Gasteiger partial charge in [-0.15, -0.1) is 0 Å². The van der Waals surface area contributed by atoms with E-state index >= 15 is 0 Å². The smallest absolute Gasteiger partial charge is 0.364 e. The minimum Gasteiger partial charge on any atom is -0.439 e. The zero-order chi connectivity index (χ0) is 22.9. The molecular weight excluding hydrogens is 418 g/mol. The van der Waals surface area contributed by atoms with Gasteiger partial charge in [-0.25, -0.2) is 28.0 Å². The van der Waals surface area contributed by atoms with Crippen LogP contribution in [0.3, 0.4) is 0 Å². The molecule has 2 atom stereocenters. The number of hydrogen-bond acceptors (Lipinski definition) is 5. The number of hydrogen-bond donors (Lipinski definition) is 1. The highest BCUT2D eigenvalue weighted by Crippen LogP contribution is 2.29. The molecule has 4 rings (SSSR count). The van der Waals surface area contributed by atoms with Gasteiger partial charge in [-0.3, -0.25) is 4.79 Å². The molecule has 0 spiro atoms. The van der Waals surface area contributed by atoms with Gasteiger partial charge in [0.2, 0.25) is 5.88 Å². The van der Waals surface area contributed by atoms with E-state index in [-0.39, 0.29) is 27.7 Å². The Bertz CT molecular complexity index is 1170. The Kier molecular flexibility index (Phi) is 5.84. The maximum Gasteiger partial charge on any atom is 0.364 e. The lowest BCUT2D eigenvalue weighted by molar-refractivity contribution is -0.831. The third-order valence-electron chi connectivity index (χ3n) is 5.91. The molecule has 9 heteroatoms. The summed E-state index contributed by atoms with van der Waals surface area (Å²) >= 11 is 0. The third-order valence-corrected chi connectivity index (χ3v) is 5.91. The fourth-order valence-corrected chi connectivity index (χ4v) is 4.10. The second kappa shape index (κ2) is 8.58. The van der Waals surface area contributed by atoms with Crippen LogP contribution in [0.15, 0.2) is 48.7 Å². The minimum absolute atomic E-state index is 0.000341. The Balaban J connectivity index is 1.56. The topological polar surface area (TPSA) is 81.2 Å². The van der Waals surface area contributed by atoms with Crippen LogP contribution in [0.5, 0.6) is 11.6 Å². The van der Waals surface area contributed by atoms with Crippen LogP contribution in [0, 0.1) is 0 Å². The van der Waals surface area contributed by atoms with Gasteiger partial charge < -0.3 is 10.1 Å². The van der Waals surface area contributed by atoms with Crippen molar-refractivity contribution in [3.05, 3.63) is 59.9 Å². The van der Waals surface area contributed by atoms with Gasteiger partial charge in [0.1, 0.15) is 5.75 Å². The monoisotopic (exact) mass is 441 g/mol. The molecule has 3 aromatic rings. The molecule has 1 aliphatic rings. The van der Waals surface area contributed by atoms with E-state index < -0.39 is 12.5 Å². The second-order valence-electron chi connectivity index (χ2n) is 7.95. The molecule has 1 unspecified atom stereocenters. The molecule has 0 bridgehead atoms. The van der Waals surface area contributed by atoms with E-state index in [0.29, 0.717) is 29.9 Å². The van der Waals surface area contributed by atoms with Crippen LogP contribution >= 0.6 is 0 Å². The molecule has 7 nitrogen and oxygen atoms in total. The number of benzene rings is 1. The molecule has 1 N–H and O–H groups in total. The Morgan fingerprint density at radius 3 is 2.69 bits per heavy atom. The number of fused-ring (bicyclic) bond motifs is 1. The van der Waals surface area contributed by atoms with Crippen molar-refractivity contribution < 1.29 is 27.6 Å². The zero-order valence-corrected chi connectivity index (χ0v) is 17.7. The van der Waals surface area contributed by atoms with Crippen molar-refractivity contribution in [1.29, 1.82) is 0 Å². The van der Waals surface area contributed by atoms with Crippen LogP contribution in [-0.2, 0) is 4.79 Å². The van der Waals surface area contributed by atoms with Gasteiger partial charge in [0.05, 0.1) is 19.1 Å². The summed E-state index contributed by atoms with van der Waals surface area (Å²) in [6.07, 6.45) is -0.0605. The second-order valence-corrected chi connectivity index (χ2v) is 7.95. The van der Waals surface area contributed by atoms with Gasteiger partial charge in [0, 0.05) is 43.1 Å². The number of halogens is 2. The quantitative estimate of drug-likeness (QED) is 0.609. The Morgan fingerprint density at radius 2 is 2.00 bits per heavy atom. The highest BCUT2D eigenvalue weighted by atomic mass is 19.3. The van der Waals surface area contributed by atoms with E-state index in [1.165, 1.54) is 12.1 Å². The van der Waals surface area contributed by atoms with Crippen molar-refractivity contribution in [2.75, 3.05) is 20.6 Å². The van der Waals surface area contributed by atoms with Crippen LogP contribution in [0.1, 0.15) is 35.3 Å². The molecule has 0 saturated carbocycles. The minimum atomic E-state index is -2.59. The number of likely N-dealkylation sites (tertiary alicyclic amines) is 1. The average molecular weight is 441 g/mol. The summed E-state index contributed by atoms with van der Waals surface area (Å²) in [7, 11) is 3.36. The number of rotatable bonds is 5. The highest BCUT2D eigenvalue weighted by molar-refractivity contribution is 5.93. The highest BCUT2D eigenvalue weighted by Gasteiger charge is 2.49. The third kappa shape index (κ3) is 4.03. The number of nitrogens with zero attached hydrogens (tertiary/aromatic N) is 3. The Hall–Kier alpha value is -3.46. The first-order valence-corrected chi connectivity index (χ1v) is 10.3. The predicted molar refractivity (Wildman–Crippen MR) is 113 cm³/mol. The molecule has 2 amide bonds. The number of carbonyl (C=O) groups is 2.